The summed E-state index contributed by atoms with van der Waals surface area (Å²) in [6, 6.07) is 9.69. The van der Waals surface area contributed by atoms with Gasteiger partial charge in [-0.1, -0.05) is 29.8 Å². The fourth-order valence-corrected chi connectivity index (χ4v) is 4.26. The van der Waals surface area contributed by atoms with E-state index >= 15 is 0 Å². The van der Waals surface area contributed by atoms with Crippen LogP contribution >= 0.6 is 11.6 Å². The van der Waals surface area contributed by atoms with Crippen molar-refractivity contribution in [1.82, 2.24) is 14.9 Å². The third-order valence-corrected chi connectivity index (χ3v) is 6.26. The number of piperidine rings is 1. The number of carbonyl (C=O) groups excluding carboxylic acids is 1. The minimum atomic E-state index is 0.0372. The van der Waals surface area contributed by atoms with Gasteiger partial charge in [0.25, 0.3) is 0 Å². The molecule has 3 N–H and O–H groups in total. The molecule has 31 heavy (non-hydrogen) atoms. The molecule has 0 radical (unpaired) electrons. The molecule has 0 bridgehead atoms. The minimum absolute atomic E-state index is 0.0372. The number of carbonyl (C=O) groups is 1. The molecule has 0 aliphatic carbocycles. The van der Waals surface area contributed by atoms with Gasteiger partial charge < -0.3 is 16.0 Å². The van der Waals surface area contributed by atoms with Gasteiger partial charge in [0.2, 0.25) is 0 Å². The first kappa shape index (κ1) is 21.5. The average molecular weight is 438 g/mol. The molecule has 1 fully saturated rings. The number of hydrogen-bond donors (Lipinski definition) is 2. The van der Waals surface area contributed by atoms with E-state index in [-0.39, 0.29) is 5.78 Å². The Balaban J connectivity index is 1.42. The highest BCUT2D eigenvalue weighted by Crippen LogP contribution is 2.24. The SMILES string of the molecule is CN1CCC(CNc2ncc(Cl)cc2C(=O)CCc2ccc3c(N)nccc3c2)CC1. The zero-order chi connectivity index (χ0) is 21.8. The van der Waals surface area contributed by atoms with Crippen LogP contribution in [0.4, 0.5) is 11.6 Å². The van der Waals surface area contributed by atoms with Crippen LogP contribution in [0.5, 0.6) is 0 Å². The van der Waals surface area contributed by atoms with Crippen LogP contribution in [0.3, 0.4) is 0 Å². The van der Waals surface area contributed by atoms with Crippen molar-refractivity contribution in [2.75, 3.05) is 37.7 Å². The van der Waals surface area contributed by atoms with Gasteiger partial charge in [0, 0.05) is 30.7 Å². The highest BCUT2D eigenvalue weighted by atomic mass is 35.5. The number of halogens is 1. The van der Waals surface area contributed by atoms with Gasteiger partial charge in [0.15, 0.2) is 5.78 Å². The van der Waals surface area contributed by atoms with Crippen LogP contribution in [-0.4, -0.2) is 47.3 Å². The lowest BCUT2D eigenvalue weighted by Crippen LogP contribution is -2.33. The number of nitrogen functional groups attached to an aromatic ring is 1. The van der Waals surface area contributed by atoms with Crippen molar-refractivity contribution >= 4 is 39.8 Å². The highest BCUT2D eigenvalue weighted by Gasteiger charge is 2.19. The van der Waals surface area contributed by atoms with Gasteiger partial charge in [-0.25, -0.2) is 9.97 Å². The summed E-state index contributed by atoms with van der Waals surface area (Å²) in [4.78, 5) is 23.9. The Morgan fingerprint density at radius 1 is 1.23 bits per heavy atom. The number of Topliss-reactive ketones (excluding diaryl/α,β-unsaturated/α-hetero) is 1. The van der Waals surface area contributed by atoms with E-state index in [4.69, 9.17) is 17.3 Å². The van der Waals surface area contributed by atoms with E-state index in [2.05, 4.69) is 33.3 Å². The van der Waals surface area contributed by atoms with Crippen LogP contribution in [0.15, 0.2) is 42.7 Å². The number of benzene rings is 1. The van der Waals surface area contributed by atoms with Crippen molar-refractivity contribution < 1.29 is 4.79 Å². The van der Waals surface area contributed by atoms with Gasteiger partial charge in [-0.15, -0.1) is 0 Å². The van der Waals surface area contributed by atoms with E-state index in [1.54, 1.807) is 18.5 Å². The van der Waals surface area contributed by atoms with Crippen molar-refractivity contribution in [2.45, 2.75) is 25.7 Å². The minimum Gasteiger partial charge on any atom is -0.383 e. The number of ketones is 1. The summed E-state index contributed by atoms with van der Waals surface area (Å²) >= 11 is 6.16. The molecular formula is C24H28ClN5O. The zero-order valence-electron chi connectivity index (χ0n) is 17.8. The standard InChI is InChI=1S/C24H28ClN5O/c1-30-10-7-17(8-11-30)14-28-24-21(13-19(25)15-29-24)22(31)5-3-16-2-4-20-18(12-16)6-9-27-23(20)26/h2,4,6,9,12-13,15,17H,3,5,7-8,10-11,14H2,1H3,(H2,26,27)(H,28,29). The van der Waals surface area contributed by atoms with E-state index in [9.17, 15) is 4.79 Å². The largest absolute Gasteiger partial charge is 0.383 e. The van der Waals surface area contributed by atoms with Gasteiger partial charge in [-0.2, -0.15) is 0 Å². The first-order valence-corrected chi connectivity index (χ1v) is 11.1. The van der Waals surface area contributed by atoms with Crippen molar-refractivity contribution in [1.29, 1.82) is 0 Å². The van der Waals surface area contributed by atoms with Gasteiger partial charge >= 0.3 is 0 Å². The molecule has 1 aromatic carbocycles. The average Bonchev–Trinajstić information content (AvgIpc) is 2.78. The summed E-state index contributed by atoms with van der Waals surface area (Å²) < 4.78 is 0. The Bertz CT molecular complexity index is 1080. The van der Waals surface area contributed by atoms with Crippen LogP contribution < -0.4 is 11.1 Å². The molecule has 0 unspecified atom stereocenters. The lowest BCUT2D eigenvalue weighted by Gasteiger charge is -2.29. The number of nitrogens with two attached hydrogens (primary N) is 1. The van der Waals surface area contributed by atoms with E-state index in [0.29, 0.717) is 41.0 Å². The van der Waals surface area contributed by atoms with Crippen LogP contribution in [0.25, 0.3) is 10.8 Å². The maximum Gasteiger partial charge on any atom is 0.166 e. The number of aryl methyl sites for hydroxylation is 1. The van der Waals surface area contributed by atoms with Gasteiger partial charge in [-0.05, 0) is 68.4 Å². The van der Waals surface area contributed by atoms with Crippen LogP contribution in [0.1, 0.15) is 35.2 Å². The lowest BCUT2D eigenvalue weighted by molar-refractivity contribution is 0.0983. The normalized spacial score (nSPS) is 15.3. The van der Waals surface area contributed by atoms with Crippen LogP contribution in [0.2, 0.25) is 5.02 Å². The fraction of sp³-hybridized carbons (Fsp3) is 0.375. The first-order chi connectivity index (χ1) is 15.0. The second-order valence-electron chi connectivity index (χ2n) is 8.35. The first-order valence-electron chi connectivity index (χ1n) is 10.7. The number of hydrogen-bond acceptors (Lipinski definition) is 6. The maximum absolute atomic E-state index is 13.0. The molecule has 3 heterocycles. The Morgan fingerprint density at radius 2 is 2.03 bits per heavy atom. The summed E-state index contributed by atoms with van der Waals surface area (Å²) in [5, 5.41) is 5.84. The van der Waals surface area contributed by atoms with Crippen molar-refractivity contribution in [3.63, 3.8) is 0 Å². The number of nitrogens with zero attached hydrogens (tertiary/aromatic N) is 3. The Kier molecular flexibility index (Phi) is 6.68. The molecule has 6 nitrogen and oxygen atoms in total. The van der Waals surface area contributed by atoms with Crippen molar-refractivity contribution in [3.05, 3.63) is 58.9 Å². The Morgan fingerprint density at radius 3 is 2.84 bits per heavy atom. The predicted molar refractivity (Wildman–Crippen MR) is 127 cm³/mol. The predicted octanol–water partition coefficient (Wildman–Crippen LogP) is 4.43. The second kappa shape index (κ2) is 9.62. The Hall–Kier alpha value is -2.70. The molecule has 4 rings (SSSR count). The topological polar surface area (TPSA) is 84.1 Å². The van der Waals surface area contributed by atoms with Gasteiger partial charge in [-0.3, -0.25) is 4.79 Å². The summed E-state index contributed by atoms with van der Waals surface area (Å²) in [5.74, 6) is 1.78. The third kappa shape index (κ3) is 5.32. The number of aromatic nitrogens is 2. The summed E-state index contributed by atoms with van der Waals surface area (Å²) in [6.45, 7) is 3.04. The van der Waals surface area contributed by atoms with E-state index in [1.807, 2.05) is 18.2 Å². The molecule has 0 amide bonds. The summed E-state index contributed by atoms with van der Waals surface area (Å²) in [6.07, 6.45) is 6.63. The van der Waals surface area contributed by atoms with Crippen LogP contribution in [0, 0.1) is 5.92 Å². The number of pyridine rings is 2. The Labute approximate surface area is 187 Å². The number of likely N-dealkylation sites (tertiary alicyclic amines) is 1. The van der Waals surface area contributed by atoms with E-state index < -0.39 is 0 Å². The second-order valence-corrected chi connectivity index (χ2v) is 8.79. The molecular weight excluding hydrogens is 410 g/mol. The zero-order valence-corrected chi connectivity index (χ0v) is 18.5. The number of nitrogens with one attached hydrogen (secondary N) is 1. The molecule has 0 spiro atoms. The molecule has 0 atom stereocenters. The number of anilines is 2. The molecule has 7 heteroatoms. The molecule has 3 aromatic rings. The maximum atomic E-state index is 13.0. The lowest BCUT2D eigenvalue weighted by atomic mass is 9.97. The fourth-order valence-electron chi connectivity index (χ4n) is 4.10. The van der Waals surface area contributed by atoms with Crippen LogP contribution in [-0.2, 0) is 6.42 Å². The van der Waals surface area contributed by atoms with E-state index in [0.717, 1.165) is 48.8 Å². The molecule has 1 aliphatic rings. The smallest absolute Gasteiger partial charge is 0.166 e. The molecule has 162 valence electrons. The quantitative estimate of drug-likeness (QED) is 0.532. The molecule has 1 saturated heterocycles. The summed E-state index contributed by atoms with van der Waals surface area (Å²) in [5.41, 5.74) is 7.58. The van der Waals surface area contributed by atoms with Crippen molar-refractivity contribution in [3.8, 4) is 0 Å². The van der Waals surface area contributed by atoms with Gasteiger partial charge in [0.1, 0.15) is 11.6 Å². The molecule has 0 saturated carbocycles. The molecule has 2 aromatic heterocycles. The number of rotatable bonds is 7. The summed E-state index contributed by atoms with van der Waals surface area (Å²) in [7, 11) is 2.16. The van der Waals surface area contributed by atoms with E-state index in [1.165, 1.54) is 0 Å². The third-order valence-electron chi connectivity index (χ3n) is 6.05. The van der Waals surface area contributed by atoms with Gasteiger partial charge in [0.05, 0.1) is 10.6 Å². The molecule has 1 aliphatic heterocycles. The number of fused-ring (bicyclic) bond motifs is 1. The van der Waals surface area contributed by atoms with Crippen molar-refractivity contribution in [2.24, 2.45) is 5.92 Å². The monoisotopic (exact) mass is 437 g/mol. The highest BCUT2D eigenvalue weighted by molar-refractivity contribution is 6.31.